The number of nitrogens with zero attached hydrogens (tertiary/aromatic N) is 1. The maximum Gasteiger partial charge on any atom is 0.126 e. The fourth-order valence-electron chi connectivity index (χ4n) is 0.808. The van der Waals surface area contributed by atoms with Gasteiger partial charge in [-0.25, -0.2) is 4.98 Å². The van der Waals surface area contributed by atoms with Crippen molar-refractivity contribution in [2.24, 2.45) is 0 Å². The van der Waals surface area contributed by atoms with Crippen LogP contribution in [0.25, 0.3) is 0 Å². The third kappa shape index (κ3) is 2.74. The average Bonchev–Trinajstić information content (AvgIpc) is 2.16. The van der Waals surface area contributed by atoms with Gasteiger partial charge < -0.3 is 5.32 Å². The molecule has 0 aromatic carbocycles. The topological polar surface area (TPSA) is 24.9 Å². The molecule has 64 valence electrons. The molecule has 0 aliphatic rings. The summed E-state index contributed by atoms with van der Waals surface area (Å²) in [5.41, 5.74) is 1.20. The Kier molecular flexibility index (Phi) is 3.33. The van der Waals surface area contributed by atoms with Gasteiger partial charge in [0.25, 0.3) is 0 Å². The van der Waals surface area contributed by atoms with Gasteiger partial charge in [-0.2, -0.15) is 0 Å². The Bertz CT molecular complexity index is 241. The Morgan fingerprint density at radius 3 is 3.00 bits per heavy atom. The van der Waals surface area contributed by atoms with Gasteiger partial charge in [0.1, 0.15) is 5.82 Å². The van der Waals surface area contributed by atoms with E-state index in [2.05, 4.69) is 23.8 Å². The van der Waals surface area contributed by atoms with Crippen LogP contribution in [0.1, 0.15) is 13.3 Å². The predicted molar refractivity (Wildman–Crippen MR) is 52.2 cm³/mol. The number of anilines is 1. The average molecular weight is 162 g/mol. The van der Waals surface area contributed by atoms with Gasteiger partial charge in [-0.1, -0.05) is 25.1 Å². The van der Waals surface area contributed by atoms with Crippen molar-refractivity contribution in [1.29, 1.82) is 0 Å². The highest BCUT2D eigenvalue weighted by atomic mass is 15.0. The van der Waals surface area contributed by atoms with Gasteiger partial charge in [-0.05, 0) is 18.6 Å². The molecular weight excluding hydrogens is 148 g/mol. The number of hydrogen-bond acceptors (Lipinski definition) is 2. The molecule has 0 atom stereocenters. The summed E-state index contributed by atoms with van der Waals surface area (Å²) in [6.45, 7) is 6.81. The zero-order chi connectivity index (χ0) is 8.81. The molecule has 0 aliphatic heterocycles. The minimum absolute atomic E-state index is 0.813. The van der Waals surface area contributed by atoms with E-state index in [4.69, 9.17) is 0 Å². The summed E-state index contributed by atoms with van der Waals surface area (Å²) < 4.78 is 0. The van der Waals surface area contributed by atoms with Gasteiger partial charge in [0.2, 0.25) is 0 Å². The van der Waals surface area contributed by atoms with E-state index in [1.165, 1.54) is 5.57 Å². The zero-order valence-corrected chi connectivity index (χ0v) is 7.38. The number of rotatable bonds is 4. The molecule has 0 spiro atoms. The number of pyridine rings is 1. The lowest BCUT2D eigenvalue weighted by Gasteiger charge is -2.05. The fourth-order valence-corrected chi connectivity index (χ4v) is 0.808. The van der Waals surface area contributed by atoms with Gasteiger partial charge in [0.05, 0.1) is 0 Å². The zero-order valence-electron chi connectivity index (χ0n) is 7.38. The van der Waals surface area contributed by atoms with Gasteiger partial charge >= 0.3 is 0 Å². The molecule has 0 bridgehead atoms. The van der Waals surface area contributed by atoms with E-state index in [0.29, 0.717) is 0 Å². The molecule has 1 aromatic rings. The molecule has 0 saturated heterocycles. The van der Waals surface area contributed by atoms with Crippen LogP contribution in [0.15, 0.2) is 36.5 Å². The van der Waals surface area contributed by atoms with Crippen LogP contribution in [-0.4, -0.2) is 11.5 Å². The van der Waals surface area contributed by atoms with Crippen molar-refractivity contribution in [3.63, 3.8) is 0 Å². The number of aromatic nitrogens is 1. The molecule has 1 aromatic heterocycles. The van der Waals surface area contributed by atoms with E-state index >= 15 is 0 Å². The minimum Gasteiger partial charge on any atom is -0.366 e. The maximum atomic E-state index is 4.13. The van der Waals surface area contributed by atoms with Crippen molar-refractivity contribution < 1.29 is 0 Å². The van der Waals surface area contributed by atoms with Crippen LogP contribution in [0, 0.1) is 0 Å². The van der Waals surface area contributed by atoms with Gasteiger partial charge in [0.15, 0.2) is 0 Å². The van der Waals surface area contributed by atoms with Crippen LogP contribution in [0.3, 0.4) is 0 Å². The standard InChI is InChI=1S/C10H14N2/c1-3-9(2)8-12-10-6-4-5-7-11-10/h4-7H,2-3,8H2,1H3,(H,11,12). The molecule has 1 heterocycles. The molecule has 12 heavy (non-hydrogen) atoms. The van der Waals surface area contributed by atoms with E-state index in [9.17, 15) is 0 Å². The summed E-state index contributed by atoms with van der Waals surface area (Å²) in [5, 5.41) is 3.18. The Labute approximate surface area is 73.3 Å². The molecule has 0 aliphatic carbocycles. The van der Waals surface area contributed by atoms with Gasteiger partial charge in [-0.15, -0.1) is 0 Å². The smallest absolute Gasteiger partial charge is 0.126 e. The van der Waals surface area contributed by atoms with E-state index < -0.39 is 0 Å². The predicted octanol–water partition coefficient (Wildman–Crippen LogP) is 2.46. The maximum absolute atomic E-state index is 4.13. The number of nitrogens with one attached hydrogen (secondary N) is 1. The lowest BCUT2D eigenvalue weighted by Crippen LogP contribution is -2.04. The van der Waals surface area contributed by atoms with Crippen LogP contribution in [0.5, 0.6) is 0 Å². The molecule has 2 nitrogen and oxygen atoms in total. The summed E-state index contributed by atoms with van der Waals surface area (Å²) in [4.78, 5) is 4.13. The highest BCUT2D eigenvalue weighted by Gasteiger charge is 1.91. The Morgan fingerprint density at radius 1 is 1.58 bits per heavy atom. The molecule has 0 saturated carbocycles. The molecular formula is C10H14N2. The minimum atomic E-state index is 0.813. The van der Waals surface area contributed by atoms with Crippen LogP contribution < -0.4 is 5.32 Å². The molecule has 0 amide bonds. The van der Waals surface area contributed by atoms with Crippen LogP contribution in [0.4, 0.5) is 5.82 Å². The monoisotopic (exact) mass is 162 g/mol. The second-order valence-electron chi connectivity index (χ2n) is 2.67. The van der Waals surface area contributed by atoms with E-state index in [1.54, 1.807) is 6.20 Å². The number of hydrogen-bond donors (Lipinski definition) is 1. The Hall–Kier alpha value is -1.31. The highest BCUT2D eigenvalue weighted by molar-refractivity contribution is 5.34. The molecule has 2 heteroatoms. The molecule has 1 N–H and O–H groups in total. The second kappa shape index (κ2) is 4.54. The summed E-state index contributed by atoms with van der Waals surface area (Å²) >= 11 is 0. The molecule has 0 unspecified atom stereocenters. The van der Waals surface area contributed by atoms with Crippen molar-refractivity contribution >= 4 is 5.82 Å². The first-order valence-electron chi connectivity index (χ1n) is 4.14. The molecule has 0 fully saturated rings. The summed E-state index contributed by atoms with van der Waals surface area (Å²) in [7, 11) is 0. The normalized spacial score (nSPS) is 9.42. The molecule has 0 radical (unpaired) electrons. The summed E-state index contributed by atoms with van der Waals surface area (Å²) in [6, 6.07) is 5.81. The highest BCUT2D eigenvalue weighted by Crippen LogP contribution is 2.02. The van der Waals surface area contributed by atoms with Crippen molar-refractivity contribution in [3.05, 3.63) is 36.5 Å². The van der Waals surface area contributed by atoms with Crippen molar-refractivity contribution in [1.82, 2.24) is 4.98 Å². The largest absolute Gasteiger partial charge is 0.366 e. The van der Waals surface area contributed by atoms with Crippen LogP contribution >= 0.6 is 0 Å². The van der Waals surface area contributed by atoms with Gasteiger partial charge in [0, 0.05) is 12.7 Å². The summed E-state index contributed by atoms with van der Waals surface area (Å²) in [6.07, 6.45) is 2.79. The van der Waals surface area contributed by atoms with E-state index in [1.807, 2.05) is 18.2 Å². The third-order valence-electron chi connectivity index (χ3n) is 1.68. The second-order valence-corrected chi connectivity index (χ2v) is 2.67. The van der Waals surface area contributed by atoms with Crippen LogP contribution in [-0.2, 0) is 0 Å². The Morgan fingerprint density at radius 2 is 2.42 bits per heavy atom. The third-order valence-corrected chi connectivity index (χ3v) is 1.68. The summed E-state index contributed by atoms with van der Waals surface area (Å²) in [5.74, 6) is 0.909. The Balaban J connectivity index is 2.38. The van der Waals surface area contributed by atoms with Crippen LogP contribution in [0.2, 0.25) is 0 Å². The first kappa shape index (κ1) is 8.78. The van der Waals surface area contributed by atoms with Crippen molar-refractivity contribution in [3.8, 4) is 0 Å². The van der Waals surface area contributed by atoms with E-state index in [0.717, 1.165) is 18.8 Å². The van der Waals surface area contributed by atoms with Crippen molar-refractivity contribution in [2.75, 3.05) is 11.9 Å². The first-order valence-corrected chi connectivity index (χ1v) is 4.14. The fraction of sp³-hybridized carbons (Fsp3) is 0.300. The lowest BCUT2D eigenvalue weighted by molar-refractivity contribution is 1.04. The van der Waals surface area contributed by atoms with Gasteiger partial charge in [-0.3, -0.25) is 0 Å². The quantitative estimate of drug-likeness (QED) is 0.688. The molecule has 1 rings (SSSR count). The SMILES string of the molecule is C=C(CC)CNc1ccccn1. The first-order chi connectivity index (χ1) is 5.83. The van der Waals surface area contributed by atoms with Crippen molar-refractivity contribution in [2.45, 2.75) is 13.3 Å². The van der Waals surface area contributed by atoms with E-state index in [-0.39, 0.29) is 0 Å². The lowest BCUT2D eigenvalue weighted by atomic mass is 10.2.